The summed E-state index contributed by atoms with van der Waals surface area (Å²) in [5, 5.41) is 14.2. The zero-order valence-electron chi connectivity index (χ0n) is 12.1. The average Bonchev–Trinajstić information content (AvgIpc) is 3.24. The molecule has 1 aliphatic rings. The molecule has 21 heavy (non-hydrogen) atoms. The predicted molar refractivity (Wildman–Crippen MR) is 79.8 cm³/mol. The molecule has 0 heterocycles. The maximum absolute atomic E-state index is 12.6. The number of hydrogen-bond acceptors (Lipinski definition) is 5. The Morgan fingerprint density at radius 2 is 2.05 bits per heavy atom. The molecule has 1 aliphatic carbocycles. The molecule has 1 saturated carbocycles. The maximum Gasteiger partial charge on any atom is 0.291 e. The van der Waals surface area contributed by atoms with Gasteiger partial charge >= 0.3 is 0 Å². The highest BCUT2D eigenvalue weighted by Gasteiger charge is 2.39. The second-order valence-electron chi connectivity index (χ2n) is 4.91. The Hall–Kier alpha value is -1.67. The molecular formula is C13H19N3O4S. The second kappa shape index (κ2) is 5.98. The lowest BCUT2D eigenvalue weighted by Crippen LogP contribution is -2.33. The molecule has 0 aliphatic heterocycles. The van der Waals surface area contributed by atoms with Crippen molar-refractivity contribution in [2.75, 3.05) is 18.4 Å². The van der Waals surface area contributed by atoms with Crippen molar-refractivity contribution in [1.82, 2.24) is 4.31 Å². The molecule has 1 N–H and O–H groups in total. The number of nitro groups is 1. The van der Waals surface area contributed by atoms with Gasteiger partial charge in [0.1, 0.15) is 0 Å². The summed E-state index contributed by atoms with van der Waals surface area (Å²) in [6.45, 7) is 4.53. The number of nitrogens with one attached hydrogen (secondary N) is 1. The quantitative estimate of drug-likeness (QED) is 0.615. The highest BCUT2D eigenvalue weighted by Crippen LogP contribution is 2.35. The minimum atomic E-state index is -3.83. The number of nitrogens with zero attached hydrogens (tertiary/aromatic N) is 2. The van der Waals surface area contributed by atoms with E-state index < -0.39 is 14.9 Å². The summed E-state index contributed by atoms with van der Waals surface area (Å²) in [5.41, 5.74) is 0.158. The molecule has 1 aromatic carbocycles. The Kier molecular flexibility index (Phi) is 4.48. The molecule has 0 atom stereocenters. The Labute approximate surface area is 124 Å². The van der Waals surface area contributed by atoms with Crippen molar-refractivity contribution >= 4 is 21.4 Å². The third-order valence-electron chi connectivity index (χ3n) is 3.39. The van der Waals surface area contributed by atoms with E-state index >= 15 is 0 Å². The monoisotopic (exact) mass is 313 g/mol. The lowest BCUT2D eigenvalue weighted by Gasteiger charge is -2.20. The van der Waals surface area contributed by atoms with Gasteiger partial charge in [-0.25, -0.2) is 8.42 Å². The fraction of sp³-hybridized carbons (Fsp3) is 0.538. The highest BCUT2D eigenvalue weighted by molar-refractivity contribution is 7.89. The zero-order chi connectivity index (χ0) is 15.6. The largest absolute Gasteiger partial charge is 0.385 e. The lowest BCUT2D eigenvalue weighted by molar-refractivity contribution is -0.387. The number of rotatable bonds is 7. The van der Waals surface area contributed by atoms with E-state index in [1.807, 2.05) is 6.92 Å². The zero-order valence-corrected chi connectivity index (χ0v) is 12.9. The fourth-order valence-electron chi connectivity index (χ4n) is 2.31. The number of hydrogen-bond donors (Lipinski definition) is 1. The molecule has 0 spiro atoms. The molecule has 7 nitrogen and oxygen atoms in total. The molecule has 1 fully saturated rings. The van der Waals surface area contributed by atoms with Crippen molar-refractivity contribution in [1.29, 1.82) is 0 Å². The van der Waals surface area contributed by atoms with Crippen LogP contribution in [-0.2, 0) is 10.0 Å². The second-order valence-corrected chi connectivity index (χ2v) is 6.77. The van der Waals surface area contributed by atoms with Crippen molar-refractivity contribution in [3.05, 3.63) is 28.3 Å². The number of nitro benzene ring substituents is 1. The predicted octanol–water partition coefficient (Wildman–Crippen LogP) is 2.20. The summed E-state index contributed by atoms with van der Waals surface area (Å²) in [6, 6.07) is 4.13. The fourth-order valence-corrected chi connectivity index (χ4v) is 4.14. The minimum absolute atomic E-state index is 0.0203. The van der Waals surface area contributed by atoms with Gasteiger partial charge in [0.25, 0.3) is 5.69 Å². The van der Waals surface area contributed by atoms with Gasteiger partial charge in [0.05, 0.1) is 4.92 Å². The maximum atomic E-state index is 12.6. The van der Waals surface area contributed by atoms with Crippen LogP contribution in [0.25, 0.3) is 0 Å². The molecule has 2 rings (SSSR count). The molecule has 1 aromatic rings. The van der Waals surface area contributed by atoms with E-state index in [9.17, 15) is 18.5 Å². The first-order valence-electron chi connectivity index (χ1n) is 6.96. The van der Waals surface area contributed by atoms with E-state index in [4.69, 9.17) is 0 Å². The van der Waals surface area contributed by atoms with Crippen LogP contribution in [0.5, 0.6) is 0 Å². The van der Waals surface area contributed by atoms with Crippen LogP contribution >= 0.6 is 0 Å². The molecule has 0 unspecified atom stereocenters. The van der Waals surface area contributed by atoms with Crippen LogP contribution in [0.1, 0.15) is 26.7 Å². The van der Waals surface area contributed by atoms with Gasteiger partial charge in [-0.3, -0.25) is 10.1 Å². The Balaban J connectivity index is 2.48. The van der Waals surface area contributed by atoms with Crippen LogP contribution in [0.4, 0.5) is 11.4 Å². The van der Waals surface area contributed by atoms with Crippen LogP contribution in [0.15, 0.2) is 23.1 Å². The molecule has 0 saturated heterocycles. The number of sulfonamides is 1. The SMILES string of the molecule is CCNc1ccc(S(=O)(=O)N(CC)C2CC2)c([N+](=O)[O-])c1. The van der Waals surface area contributed by atoms with Gasteiger partial charge in [-0.2, -0.15) is 4.31 Å². The van der Waals surface area contributed by atoms with Crippen molar-refractivity contribution < 1.29 is 13.3 Å². The van der Waals surface area contributed by atoms with Crippen LogP contribution in [-0.4, -0.2) is 36.8 Å². The van der Waals surface area contributed by atoms with Gasteiger partial charge in [0, 0.05) is 30.9 Å². The van der Waals surface area contributed by atoms with Crippen molar-refractivity contribution in [3.63, 3.8) is 0 Å². The van der Waals surface area contributed by atoms with Gasteiger partial charge in [-0.05, 0) is 31.9 Å². The van der Waals surface area contributed by atoms with E-state index in [0.717, 1.165) is 12.8 Å². The van der Waals surface area contributed by atoms with Gasteiger partial charge in [-0.1, -0.05) is 6.92 Å². The minimum Gasteiger partial charge on any atom is -0.385 e. The molecule has 0 radical (unpaired) electrons. The Bertz CT molecular complexity index is 641. The molecule has 0 amide bonds. The topological polar surface area (TPSA) is 92.6 Å². The summed E-state index contributed by atoms with van der Waals surface area (Å²) in [5.74, 6) is 0. The summed E-state index contributed by atoms with van der Waals surface area (Å²) in [7, 11) is -3.83. The van der Waals surface area contributed by atoms with Gasteiger partial charge < -0.3 is 5.32 Å². The highest BCUT2D eigenvalue weighted by atomic mass is 32.2. The average molecular weight is 313 g/mol. The third-order valence-corrected chi connectivity index (χ3v) is 5.46. The Morgan fingerprint density at radius 3 is 2.52 bits per heavy atom. The van der Waals surface area contributed by atoms with Crippen molar-refractivity contribution in [2.24, 2.45) is 0 Å². The van der Waals surface area contributed by atoms with E-state index in [1.165, 1.54) is 16.4 Å². The summed E-state index contributed by atoms with van der Waals surface area (Å²) in [6.07, 6.45) is 1.63. The number of anilines is 1. The lowest BCUT2D eigenvalue weighted by atomic mass is 10.3. The van der Waals surface area contributed by atoms with Crippen LogP contribution in [0.3, 0.4) is 0 Å². The van der Waals surface area contributed by atoms with E-state index in [1.54, 1.807) is 13.0 Å². The first-order chi connectivity index (χ1) is 9.91. The molecule has 0 aromatic heterocycles. The van der Waals surface area contributed by atoms with E-state index in [0.29, 0.717) is 18.8 Å². The first kappa shape index (κ1) is 15.7. The normalized spacial score (nSPS) is 15.2. The van der Waals surface area contributed by atoms with Crippen LogP contribution < -0.4 is 5.32 Å². The third kappa shape index (κ3) is 3.16. The van der Waals surface area contributed by atoms with E-state index in [-0.39, 0.29) is 16.6 Å². The van der Waals surface area contributed by atoms with Gasteiger partial charge in [0.15, 0.2) is 4.90 Å². The first-order valence-corrected chi connectivity index (χ1v) is 8.40. The van der Waals surface area contributed by atoms with E-state index in [2.05, 4.69) is 5.32 Å². The molecular weight excluding hydrogens is 294 g/mol. The summed E-state index contributed by atoms with van der Waals surface area (Å²) >= 11 is 0. The van der Waals surface area contributed by atoms with Crippen LogP contribution in [0.2, 0.25) is 0 Å². The Morgan fingerprint density at radius 1 is 1.38 bits per heavy atom. The molecule has 116 valence electrons. The van der Waals surface area contributed by atoms with Crippen LogP contribution in [0, 0.1) is 10.1 Å². The smallest absolute Gasteiger partial charge is 0.291 e. The summed E-state index contributed by atoms with van der Waals surface area (Å²) < 4.78 is 26.6. The van der Waals surface area contributed by atoms with Gasteiger partial charge in [-0.15, -0.1) is 0 Å². The van der Waals surface area contributed by atoms with Gasteiger partial charge in [0.2, 0.25) is 10.0 Å². The molecule has 8 heteroatoms. The van der Waals surface area contributed by atoms with Crippen molar-refractivity contribution in [3.8, 4) is 0 Å². The summed E-state index contributed by atoms with van der Waals surface area (Å²) in [4.78, 5) is 10.3. The number of benzene rings is 1. The van der Waals surface area contributed by atoms with Crippen molar-refractivity contribution in [2.45, 2.75) is 37.6 Å². The molecule has 0 bridgehead atoms. The standard InChI is InChI=1S/C13H19N3O4S/c1-3-14-10-5-8-13(12(9-10)16(17)18)21(19,20)15(4-2)11-6-7-11/h5,8-9,11,14H,3-4,6-7H2,1-2H3.